The van der Waals surface area contributed by atoms with Crippen LogP contribution in [0.15, 0.2) is 47.4 Å². The molecule has 0 heterocycles. The van der Waals surface area contributed by atoms with E-state index in [1.54, 1.807) is 0 Å². The molecule has 0 amide bonds. The van der Waals surface area contributed by atoms with Gasteiger partial charge in [-0.05, 0) is 11.6 Å². The minimum atomic E-state index is -4.36. The fourth-order valence-corrected chi connectivity index (χ4v) is 2.34. The zero-order valence-electron chi connectivity index (χ0n) is 9.37. The SMILES string of the molecule is Nc1c(-c2ccccc2)ccc(S(=O)(=O)O)c1N. The average Bonchev–Trinajstić information content (AvgIpc) is 2.32. The van der Waals surface area contributed by atoms with E-state index in [0.29, 0.717) is 5.56 Å². The number of hydrogen-bond acceptors (Lipinski definition) is 4. The molecule has 0 aliphatic carbocycles. The van der Waals surface area contributed by atoms with Gasteiger partial charge in [0, 0.05) is 5.56 Å². The summed E-state index contributed by atoms with van der Waals surface area (Å²) in [4.78, 5) is -0.375. The third-order valence-corrected chi connectivity index (χ3v) is 3.52. The average molecular weight is 264 g/mol. The Morgan fingerprint density at radius 3 is 2.06 bits per heavy atom. The highest BCUT2D eigenvalue weighted by atomic mass is 32.2. The number of nitrogens with two attached hydrogens (primary N) is 2. The second-order valence-electron chi connectivity index (χ2n) is 3.78. The second-order valence-corrected chi connectivity index (χ2v) is 5.17. The summed E-state index contributed by atoms with van der Waals surface area (Å²) in [6, 6.07) is 11.9. The molecule has 6 heteroatoms. The molecule has 18 heavy (non-hydrogen) atoms. The predicted molar refractivity (Wildman–Crippen MR) is 70.5 cm³/mol. The topological polar surface area (TPSA) is 106 Å². The van der Waals surface area contributed by atoms with E-state index in [4.69, 9.17) is 16.0 Å². The van der Waals surface area contributed by atoms with Crippen molar-refractivity contribution < 1.29 is 13.0 Å². The van der Waals surface area contributed by atoms with Crippen LogP contribution in [0.5, 0.6) is 0 Å². The first kappa shape index (κ1) is 12.4. The summed E-state index contributed by atoms with van der Waals surface area (Å²) in [6.07, 6.45) is 0. The van der Waals surface area contributed by atoms with E-state index >= 15 is 0 Å². The van der Waals surface area contributed by atoms with Crippen LogP contribution in [-0.4, -0.2) is 13.0 Å². The van der Waals surface area contributed by atoms with Crippen LogP contribution in [0.1, 0.15) is 0 Å². The maximum absolute atomic E-state index is 11.1. The van der Waals surface area contributed by atoms with Crippen LogP contribution >= 0.6 is 0 Å². The number of anilines is 2. The lowest BCUT2D eigenvalue weighted by atomic mass is 10.0. The number of rotatable bonds is 2. The van der Waals surface area contributed by atoms with E-state index in [1.807, 2.05) is 30.3 Å². The summed E-state index contributed by atoms with van der Waals surface area (Å²) < 4.78 is 31.1. The summed E-state index contributed by atoms with van der Waals surface area (Å²) in [5.74, 6) is 0. The van der Waals surface area contributed by atoms with E-state index in [1.165, 1.54) is 12.1 Å². The molecule has 0 atom stereocenters. The highest BCUT2D eigenvalue weighted by Gasteiger charge is 2.18. The Hall–Kier alpha value is -2.05. The van der Waals surface area contributed by atoms with Crippen LogP contribution < -0.4 is 11.5 Å². The second kappa shape index (κ2) is 4.32. The van der Waals surface area contributed by atoms with Crippen molar-refractivity contribution in [3.05, 3.63) is 42.5 Å². The van der Waals surface area contributed by atoms with Gasteiger partial charge in [0.1, 0.15) is 4.90 Å². The molecule has 0 saturated heterocycles. The third-order valence-electron chi connectivity index (χ3n) is 2.61. The summed E-state index contributed by atoms with van der Waals surface area (Å²) in [7, 11) is -4.36. The maximum Gasteiger partial charge on any atom is 0.296 e. The van der Waals surface area contributed by atoms with Crippen molar-refractivity contribution in [3.63, 3.8) is 0 Å². The molecule has 0 fully saturated rings. The van der Waals surface area contributed by atoms with Gasteiger partial charge in [-0.2, -0.15) is 8.42 Å². The molecule has 0 spiro atoms. The third kappa shape index (κ3) is 2.15. The number of benzene rings is 2. The monoisotopic (exact) mass is 264 g/mol. The van der Waals surface area contributed by atoms with Crippen LogP contribution in [0.2, 0.25) is 0 Å². The Kier molecular flexibility index (Phi) is 2.98. The van der Waals surface area contributed by atoms with Crippen molar-refractivity contribution >= 4 is 21.5 Å². The van der Waals surface area contributed by atoms with Gasteiger partial charge >= 0.3 is 0 Å². The first-order valence-corrected chi connectivity index (χ1v) is 6.56. The van der Waals surface area contributed by atoms with Gasteiger partial charge in [-0.15, -0.1) is 0 Å². The molecule has 2 aromatic carbocycles. The highest BCUT2D eigenvalue weighted by molar-refractivity contribution is 7.86. The summed E-state index contributed by atoms with van der Waals surface area (Å²) in [5.41, 5.74) is 12.9. The molecular formula is C12H12N2O3S. The van der Waals surface area contributed by atoms with Crippen LogP contribution in [-0.2, 0) is 10.1 Å². The van der Waals surface area contributed by atoms with Crippen LogP contribution in [0, 0.1) is 0 Å². The fourth-order valence-electron chi connectivity index (χ4n) is 1.71. The van der Waals surface area contributed by atoms with Gasteiger partial charge in [-0.3, -0.25) is 4.55 Å². The lowest BCUT2D eigenvalue weighted by Crippen LogP contribution is -2.06. The lowest BCUT2D eigenvalue weighted by Gasteiger charge is -2.11. The number of nitrogen functional groups attached to an aromatic ring is 2. The molecule has 5 nitrogen and oxygen atoms in total. The number of hydrogen-bond donors (Lipinski definition) is 3. The van der Waals surface area contributed by atoms with E-state index in [9.17, 15) is 8.42 Å². The quantitative estimate of drug-likeness (QED) is 0.566. The Labute approximate surface area is 105 Å². The van der Waals surface area contributed by atoms with Gasteiger partial charge in [0.25, 0.3) is 10.1 Å². The smallest absolute Gasteiger partial charge is 0.296 e. The minimum absolute atomic E-state index is 0.135. The van der Waals surface area contributed by atoms with Crippen LogP contribution in [0.3, 0.4) is 0 Å². The van der Waals surface area contributed by atoms with Crippen molar-refractivity contribution in [3.8, 4) is 11.1 Å². The van der Waals surface area contributed by atoms with Gasteiger partial charge in [-0.25, -0.2) is 0 Å². The van der Waals surface area contributed by atoms with Gasteiger partial charge in [-0.1, -0.05) is 36.4 Å². The Morgan fingerprint density at radius 1 is 0.889 bits per heavy atom. The predicted octanol–water partition coefficient (Wildman–Crippen LogP) is 1.76. The van der Waals surface area contributed by atoms with E-state index < -0.39 is 10.1 Å². The Morgan fingerprint density at radius 2 is 1.50 bits per heavy atom. The molecule has 0 unspecified atom stereocenters. The Bertz CT molecular complexity index is 682. The van der Waals surface area contributed by atoms with E-state index in [0.717, 1.165) is 5.56 Å². The van der Waals surface area contributed by atoms with Crippen LogP contribution in [0.4, 0.5) is 11.4 Å². The highest BCUT2D eigenvalue weighted by Crippen LogP contribution is 2.34. The van der Waals surface area contributed by atoms with Gasteiger partial charge in [0.15, 0.2) is 0 Å². The molecule has 5 N–H and O–H groups in total. The molecule has 0 aromatic heterocycles. The van der Waals surface area contributed by atoms with Crippen molar-refractivity contribution in [1.29, 1.82) is 0 Å². The van der Waals surface area contributed by atoms with Crippen molar-refractivity contribution in [2.45, 2.75) is 4.90 Å². The molecule has 0 aliphatic heterocycles. The van der Waals surface area contributed by atoms with Crippen LogP contribution in [0.25, 0.3) is 11.1 Å². The molecule has 94 valence electrons. The zero-order chi connectivity index (χ0) is 13.3. The molecule has 0 saturated carbocycles. The zero-order valence-corrected chi connectivity index (χ0v) is 10.2. The van der Waals surface area contributed by atoms with Gasteiger partial charge in [0.05, 0.1) is 11.4 Å². The van der Waals surface area contributed by atoms with Gasteiger partial charge < -0.3 is 11.5 Å². The standard InChI is InChI=1S/C12H12N2O3S/c13-11-9(8-4-2-1-3-5-8)6-7-10(12(11)14)18(15,16)17/h1-7H,13-14H2,(H,15,16,17). The first-order valence-electron chi connectivity index (χ1n) is 5.12. The molecule has 2 aromatic rings. The molecule has 0 radical (unpaired) electrons. The minimum Gasteiger partial charge on any atom is -0.397 e. The lowest BCUT2D eigenvalue weighted by molar-refractivity contribution is 0.483. The summed E-state index contributed by atoms with van der Waals surface area (Å²) in [6.45, 7) is 0. The molecular weight excluding hydrogens is 252 g/mol. The van der Waals surface area contributed by atoms with Crippen molar-refractivity contribution in [2.75, 3.05) is 11.5 Å². The summed E-state index contributed by atoms with van der Waals surface area (Å²) in [5, 5.41) is 0. The van der Waals surface area contributed by atoms with E-state index in [-0.39, 0.29) is 16.3 Å². The fraction of sp³-hybridized carbons (Fsp3) is 0. The molecule has 0 aliphatic rings. The first-order chi connectivity index (χ1) is 8.41. The maximum atomic E-state index is 11.1. The Balaban J connectivity index is 2.66. The normalized spacial score (nSPS) is 11.4. The van der Waals surface area contributed by atoms with Gasteiger partial charge in [0.2, 0.25) is 0 Å². The van der Waals surface area contributed by atoms with Crippen molar-refractivity contribution in [1.82, 2.24) is 0 Å². The summed E-state index contributed by atoms with van der Waals surface area (Å²) >= 11 is 0. The molecule has 0 bridgehead atoms. The molecule has 2 rings (SSSR count). The largest absolute Gasteiger partial charge is 0.397 e. The van der Waals surface area contributed by atoms with Crippen molar-refractivity contribution in [2.24, 2.45) is 0 Å². The van der Waals surface area contributed by atoms with E-state index in [2.05, 4.69) is 0 Å².